The highest BCUT2D eigenvalue weighted by atomic mass is 16.5. The normalized spacial score (nSPS) is 12.0. The molecule has 1 unspecified atom stereocenters. The summed E-state index contributed by atoms with van der Waals surface area (Å²) in [6.45, 7) is 3.72. The zero-order valence-corrected chi connectivity index (χ0v) is 12.5. The van der Waals surface area contributed by atoms with Crippen molar-refractivity contribution >= 4 is 5.82 Å². The summed E-state index contributed by atoms with van der Waals surface area (Å²) in [6.07, 6.45) is 3.52. The van der Waals surface area contributed by atoms with Gasteiger partial charge in [0.25, 0.3) is 0 Å². The van der Waals surface area contributed by atoms with Gasteiger partial charge in [-0.1, -0.05) is 31.2 Å². The van der Waals surface area contributed by atoms with Crippen molar-refractivity contribution in [2.24, 2.45) is 0 Å². The highest BCUT2D eigenvalue weighted by molar-refractivity contribution is 5.38. The SMILES string of the molecule is CCNC(CCOc1ccccc1)Cc1cccnc1N. The van der Waals surface area contributed by atoms with Crippen molar-refractivity contribution in [3.05, 3.63) is 54.2 Å². The Morgan fingerprint density at radius 1 is 1.19 bits per heavy atom. The molecule has 3 N–H and O–H groups in total. The number of likely N-dealkylation sites (N-methyl/N-ethyl adjacent to an activating group) is 1. The number of nitrogens with one attached hydrogen (secondary N) is 1. The second kappa shape index (κ2) is 8.27. The second-order valence-electron chi connectivity index (χ2n) is 4.96. The van der Waals surface area contributed by atoms with E-state index in [2.05, 4.69) is 17.2 Å². The number of nitrogen functional groups attached to an aromatic ring is 1. The van der Waals surface area contributed by atoms with Gasteiger partial charge in [-0.2, -0.15) is 0 Å². The number of ether oxygens (including phenoxy) is 1. The van der Waals surface area contributed by atoms with Crippen LogP contribution >= 0.6 is 0 Å². The fraction of sp³-hybridized carbons (Fsp3) is 0.353. The van der Waals surface area contributed by atoms with Gasteiger partial charge in [-0.25, -0.2) is 4.98 Å². The van der Waals surface area contributed by atoms with E-state index >= 15 is 0 Å². The van der Waals surface area contributed by atoms with Crippen LogP contribution in [0.1, 0.15) is 18.9 Å². The second-order valence-corrected chi connectivity index (χ2v) is 4.96. The fourth-order valence-electron chi connectivity index (χ4n) is 2.29. The minimum Gasteiger partial charge on any atom is -0.494 e. The van der Waals surface area contributed by atoms with Crippen LogP contribution in [0.15, 0.2) is 48.7 Å². The first-order valence-electron chi connectivity index (χ1n) is 7.40. The van der Waals surface area contributed by atoms with E-state index in [4.69, 9.17) is 10.5 Å². The average molecular weight is 285 g/mol. The van der Waals surface area contributed by atoms with E-state index in [1.165, 1.54) is 0 Å². The number of hydrogen-bond donors (Lipinski definition) is 2. The van der Waals surface area contributed by atoms with Crippen LogP contribution in [0.5, 0.6) is 5.75 Å². The molecule has 2 aromatic rings. The predicted molar refractivity (Wildman–Crippen MR) is 86.4 cm³/mol. The molecule has 1 aromatic carbocycles. The van der Waals surface area contributed by atoms with Gasteiger partial charge in [0.15, 0.2) is 0 Å². The number of anilines is 1. The third-order valence-corrected chi connectivity index (χ3v) is 3.36. The quantitative estimate of drug-likeness (QED) is 0.783. The number of aromatic nitrogens is 1. The molecule has 1 aromatic heterocycles. The van der Waals surface area contributed by atoms with Crippen molar-refractivity contribution < 1.29 is 4.74 Å². The summed E-state index contributed by atoms with van der Waals surface area (Å²) in [4.78, 5) is 4.14. The van der Waals surface area contributed by atoms with Crippen LogP contribution < -0.4 is 15.8 Å². The summed E-state index contributed by atoms with van der Waals surface area (Å²) < 4.78 is 5.76. The number of benzene rings is 1. The van der Waals surface area contributed by atoms with Gasteiger partial charge < -0.3 is 15.8 Å². The number of pyridine rings is 1. The number of hydrogen-bond acceptors (Lipinski definition) is 4. The van der Waals surface area contributed by atoms with Crippen molar-refractivity contribution in [3.63, 3.8) is 0 Å². The summed E-state index contributed by atoms with van der Waals surface area (Å²) >= 11 is 0. The monoisotopic (exact) mass is 285 g/mol. The molecule has 0 amide bonds. The Kier molecular flexibility index (Phi) is 6.03. The third-order valence-electron chi connectivity index (χ3n) is 3.36. The highest BCUT2D eigenvalue weighted by Gasteiger charge is 2.11. The molecule has 0 saturated carbocycles. The molecule has 0 fully saturated rings. The van der Waals surface area contributed by atoms with E-state index in [0.29, 0.717) is 18.5 Å². The molecule has 1 heterocycles. The number of nitrogens with two attached hydrogens (primary N) is 1. The molecule has 0 spiro atoms. The van der Waals surface area contributed by atoms with Gasteiger partial charge in [0.2, 0.25) is 0 Å². The van der Waals surface area contributed by atoms with Crippen LogP contribution in [-0.4, -0.2) is 24.2 Å². The van der Waals surface area contributed by atoms with Crippen LogP contribution in [0.25, 0.3) is 0 Å². The minimum absolute atomic E-state index is 0.338. The summed E-state index contributed by atoms with van der Waals surface area (Å²) in [7, 11) is 0. The molecular formula is C17H23N3O. The third kappa shape index (κ3) is 5.08. The van der Waals surface area contributed by atoms with Crippen LogP contribution in [-0.2, 0) is 6.42 Å². The predicted octanol–water partition coefficient (Wildman–Crippen LogP) is 2.65. The van der Waals surface area contributed by atoms with Gasteiger partial charge in [0.1, 0.15) is 11.6 Å². The molecule has 2 rings (SSSR count). The topological polar surface area (TPSA) is 60.2 Å². The summed E-state index contributed by atoms with van der Waals surface area (Å²) in [5, 5.41) is 3.48. The lowest BCUT2D eigenvalue weighted by Crippen LogP contribution is -2.32. The summed E-state index contributed by atoms with van der Waals surface area (Å²) in [6, 6.07) is 14.2. The van der Waals surface area contributed by atoms with Crippen molar-refractivity contribution in [1.29, 1.82) is 0 Å². The molecule has 1 atom stereocenters. The standard InChI is InChI=1S/C17H23N3O/c1-2-19-15(13-14-7-6-11-20-17(14)18)10-12-21-16-8-4-3-5-9-16/h3-9,11,15,19H,2,10,12-13H2,1H3,(H2,18,20). The fourth-order valence-corrected chi connectivity index (χ4v) is 2.29. The van der Waals surface area contributed by atoms with E-state index in [0.717, 1.165) is 30.7 Å². The van der Waals surface area contributed by atoms with Crippen LogP contribution in [0.3, 0.4) is 0 Å². The lowest BCUT2D eigenvalue weighted by molar-refractivity contribution is 0.285. The summed E-state index contributed by atoms with van der Waals surface area (Å²) in [5.41, 5.74) is 7.00. The molecule has 0 radical (unpaired) electrons. The molecule has 0 saturated heterocycles. The molecule has 0 aliphatic heterocycles. The first-order valence-corrected chi connectivity index (χ1v) is 7.40. The lowest BCUT2D eigenvalue weighted by Gasteiger charge is -2.19. The van der Waals surface area contributed by atoms with Gasteiger partial charge in [0, 0.05) is 12.2 Å². The molecule has 0 bridgehead atoms. The largest absolute Gasteiger partial charge is 0.494 e. The molecule has 21 heavy (non-hydrogen) atoms. The van der Waals surface area contributed by atoms with Crippen LogP contribution in [0, 0.1) is 0 Å². The Morgan fingerprint density at radius 2 is 2.00 bits per heavy atom. The van der Waals surface area contributed by atoms with E-state index in [-0.39, 0.29) is 0 Å². The summed E-state index contributed by atoms with van der Waals surface area (Å²) in [5.74, 6) is 1.53. The Bertz CT molecular complexity index is 531. The van der Waals surface area contributed by atoms with Gasteiger partial charge in [-0.05, 0) is 43.1 Å². The first kappa shape index (κ1) is 15.3. The van der Waals surface area contributed by atoms with E-state index in [1.807, 2.05) is 42.5 Å². The number of nitrogens with zero attached hydrogens (tertiary/aromatic N) is 1. The first-order chi connectivity index (χ1) is 10.3. The maximum atomic E-state index is 5.91. The molecule has 4 heteroatoms. The Hall–Kier alpha value is -2.07. The molecular weight excluding hydrogens is 262 g/mol. The van der Waals surface area contributed by atoms with Gasteiger partial charge in [-0.3, -0.25) is 0 Å². The van der Waals surface area contributed by atoms with Crippen molar-refractivity contribution in [2.45, 2.75) is 25.8 Å². The molecule has 112 valence electrons. The minimum atomic E-state index is 0.338. The lowest BCUT2D eigenvalue weighted by atomic mass is 10.0. The smallest absolute Gasteiger partial charge is 0.126 e. The van der Waals surface area contributed by atoms with Crippen molar-refractivity contribution in [1.82, 2.24) is 10.3 Å². The maximum Gasteiger partial charge on any atom is 0.126 e. The number of rotatable bonds is 8. The highest BCUT2D eigenvalue weighted by Crippen LogP contribution is 2.13. The Labute approximate surface area is 126 Å². The molecule has 4 nitrogen and oxygen atoms in total. The zero-order valence-electron chi connectivity index (χ0n) is 12.5. The Morgan fingerprint density at radius 3 is 2.71 bits per heavy atom. The van der Waals surface area contributed by atoms with Crippen molar-refractivity contribution in [2.75, 3.05) is 18.9 Å². The van der Waals surface area contributed by atoms with Crippen LogP contribution in [0.2, 0.25) is 0 Å². The Balaban J connectivity index is 1.86. The van der Waals surface area contributed by atoms with Crippen LogP contribution in [0.4, 0.5) is 5.82 Å². The van der Waals surface area contributed by atoms with Gasteiger partial charge in [0.05, 0.1) is 6.61 Å². The van der Waals surface area contributed by atoms with E-state index in [9.17, 15) is 0 Å². The zero-order chi connectivity index (χ0) is 14.9. The van der Waals surface area contributed by atoms with Gasteiger partial charge in [-0.15, -0.1) is 0 Å². The average Bonchev–Trinajstić information content (AvgIpc) is 2.51. The molecule has 0 aliphatic carbocycles. The number of para-hydroxylation sites is 1. The van der Waals surface area contributed by atoms with Crippen molar-refractivity contribution in [3.8, 4) is 5.75 Å². The van der Waals surface area contributed by atoms with E-state index < -0.39 is 0 Å². The maximum absolute atomic E-state index is 5.91. The van der Waals surface area contributed by atoms with E-state index in [1.54, 1.807) is 6.20 Å². The van der Waals surface area contributed by atoms with Gasteiger partial charge >= 0.3 is 0 Å². The molecule has 0 aliphatic rings.